The molecule has 122 valence electrons. The van der Waals surface area contributed by atoms with Gasteiger partial charge in [-0.2, -0.15) is 0 Å². The third-order valence-corrected chi connectivity index (χ3v) is 6.09. The van der Waals surface area contributed by atoms with Gasteiger partial charge < -0.3 is 15.7 Å². The maximum absolute atomic E-state index is 12.5. The maximum atomic E-state index is 12.5. The van der Waals surface area contributed by atoms with E-state index in [1.807, 2.05) is 50.3 Å². The number of aliphatic hydroxyl groups is 1. The molecule has 24 heavy (non-hydrogen) atoms. The Bertz CT molecular complexity index is 930. The van der Waals surface area contributed by atoms with Gasteiger partial charge in [-0.15, -0.1) is 22.7 Å². The van der Waals surface area contributed by atoms with Crippen molar-refractivity contribution in [3.8, 4) is 0 Å². The Labute approximate surface area is 147 Å². The number of thiophene rings is 2. The highest BCUT2D eigenvalue weighted by Crippen LogP contribution is 2.41. The van der Waals surface area contributed by atoms with Crippen LogP contribution in [0.5, 0.6) is 0 Å². The molecule has 4 nitrogen and oxygen atoms in total. The first kappa shape index (κ1) is 15.4. The van der Waals surface area contributed by atoms with Crippen LogP contribution in [0.15, 0.2) is 41.5 Å². The number of rotatable bonds is 3. The Kier molecular flexibility index (Phi) is 3.68. The minimum atomic E-state index is -0.876. The molecule has 3 N–H and O–H groups in total. The quantitative estimate of drug-likeness (QED) is 0.791. The zero-order chi connectivity index (χ0) is 16.8. The SMILES string of the molecule is C/C=C/c1ccc(C2=C3C(=C(c4ccc(C)s4)NC3O)C(=O)N2)s1. The zero-order valence-electron chi connectivity index (χ0n) is 13.2. The number of fused-ring (bicyclic) bond motifs is 1. The molecule has 2 aliphatic rings. The molecule has 1 atom stereocenters. The number of allylic oxidation sites excluding steroid dienone is 1. The fourth-order valence-corrected chi connectivity index (χ4v) is 4.87. The molecule has 0 fully saturated rings. The van der Waals surface area contributed by atoms with E-state index in [0.29, 0.717) is 22.5 Å². The van der Waals surface area contributed by atoms with E-state index in [1.165, 1.54) is 4.88 Å². The molecule has 0 spiro atoms. The molecule has 0 aliphatic carbocycles. The summed E-state index contributed by atoms with van der Waals surface area (Å²) in [5.74, 6) is -0.161. The Hall–Kier alpha value is -2.15. The summed E-state index contributed by atoms with van der Waals surface area (Å²) in [5.41, 5.74) is 2.63. The van der Waals surface area contributed by atoms with E-state index < -0.39 is 6.23 Å². The van der Waals surface area contributed by atoms with Crippen molar-refractivity contribution in [2.45, 2.75) is 20.1 Å². The number of amides is 1. The van der Waals surface area contributed by atoms with E-state index in [0.717, 1.165) is 14.6 Å². The molecule has 0 radical (unpaired) electrons. The van der Waals surface area contributed by atoms with Crippen LogP contribution in [0.2, 0.25) is 0 Å². The second kappa shape index (κ2) is 5.73. The van der Waals surface area contributed by atoms with Crippen molar-refractivity contribution in [1.82, 2.24) is 10.6 Å². The van der Waals surface area contributed by atoms with Crippen LogP contribution in [0.1, 0.15) is 26.4 Å². The Morgan fingerprint density at radius 3 is 2.58 bits per heavy atom. The maximum Gasteiger partial charge on any atom is 0.258 e. The smallest absolute Gasteiger partial charge is 0.258 e. The number of hydrogen-bond acceptors (Lipinski definition) is 5. The third-order valence-electron chi connectivity index (χ3n) is 4.00. The number of hydrogen-bond donors (Lipinski definition) is 3. The number of aliphatic hydroxyl groups excluding tert-OH is 1. The first-order chi connectivity index (χ1) is 11.6. The van der Waals surface area contributed by atoms with Crippen molar-refractivity contribution in [2.75, 3.05) is 0 Å². The first-order valence-electron chi connectivity index (χ1n) is 7.63. The molecular weight excluding hydrogens is 340 g/mol. The summed E-state index contributed by atoms with van der Waals surface area (Å²) in [6.45, 7) is 4.00. The average molecular weight is 356 g/mol. The van der Waals surface area contributed by atoms with Gasteiger partial charge in [0, 0.05) is 15.3 Å². The summed E-state index contributed by atoms with van der Waals surface area (Å²) < 4.78 is 0. The zero-order valence-corrected chi connectivity index (χ0v) is 14.8. The highest BCUT2D eigenvalue weighted by atomic mass is 32.1. The summed E-state index contributed by atoms with van der Waals surface area (Å²) in [6, 6.07) is 7.98. The van der Waals surface area contributed by atoms with Crippen molar-refractivity contribution in [1.29, 1.82) is 0 Å². The van der Waals surface area contributed by atoms with Gasteiger partial charge in [-0.1, -0.05) is 6.08 Å². The van der Waals surface area contributed by atoms with Gasteiger partial charge in [0.1, 0.15) is 0 Å². The summed E-state index contributed by atoms with van der Waals surface area (Å²) in [7, 11) is 0. The highest BCUT2D eigenvalue weighted by molar-refractivity contribution is 7.14. The number of carbonyl (C=O) groups excluding carboxylic acids is 1. The third kappa shape index (κ3) is 2.34. The predicted octanol–water partition coefficient (Wildman–Crippen LogP) is 3.32. The fourth-order valence-electron chi connectivity index (χ4n) is 2.99. The van der Waals surface area contributed by atoms with Gasteiger partial charge >= 0.3 is 0 Å². The Morgan fingerprint density at radius 1 is 1.12 bits per heavy atom. The van der Waals surface area contributed by atoms with E-state index in [9.17, 15) is 9.90 Å². The Balaban J connectivity index is 1.84. The number of aryl methyl sites for hydroxylation is 1. The lowest BCUT2D eigenvalue weighted by atomic mass is 10.1. The molecule has 0 saturated carbocycles. The van der Waals surface area contributed by atoms with Gasteiger partial charge in [-0.25, -0.2) is 0 Å². The minimum Gasteiger partial charge on any atom is -0.369 e. The van der Waals surface area contributed by atoms with Gasteiger partial charge in [0.05, 0.1) is 26.7 Å². The first-order valence-corrected chi connectivity index (χ1v) is 9.26. The van der Waals surface area contributed by atoms with Crippen LogP contribution in [-0.4, -0.2) is 17.2 Å². The molecule has 1 unspecified atom stereocenters. The lowest BCUT2D eigenvalue weighted by Crippen LogP contribution is -2.24. The van der Waals surface area contributed by atoms with E-state index in [-0.39, 0.29) is 5.91 Å². The van der Waals surface area contributed by atoms with Gasteiger partial charge in [-0.05, 0) is 44.2 Å². The van der Waals surface area contributed by atoms with Crippen LogP contribution in [0, 0.1) is 6.92 Å². The molecular formula is C18H16N2O2S2. The van der Waals surface area contributed by atoms with E-state index in [1.54, 1.807) is 22.7 Å². The highest BCUT2D eigenvalue weighted by Gasteiger charge is 2.41. The van der Waals surface area contributed by atoms with E-state index in [2.05, 4.69) is 10.6 Å². The monoisotopic (exact) mass is 356 g/mol. The summed E-state index contributed by atoms with van der Waals surface area (Å²) >= 11 is 3.20. The summed E-state index contributed by atoms with van der Waals surface area (Å²) in [4.78, 5) is 16.7. The normalized spacial score (nSPS) is 20.1. The average Bonchev–Trinajstić information content (AvgIpc) is 3.28. The van der Waals surface area contributed by atoms with Gasteiger partial charge in [-0.3, -0.25) is 4.79 Å². The van der Waals surface area contributed by atoms with Crippen molar-refractivity contribution in [3.63, 3.8) is 0 Å². The molecule has 6 heteroatoms. The number of nitrogens with one attached hydrogen (secondary N) is 2. The molecule has 0 saturated heterocycles. The standard InChI is InChI=1S/C18H16N2O2S2/c1-3-4-10-6-8-12(24-10)16-14-13(17(21)20-16)15(19-18(14)22)11-7-5-9(2)23-11/h3-8,18-19,22H,1-2H3,(H,20,21)/b4-3+. The van der Waals surface area contributed by atoms with Crippen LogP contribution in [0.4, 0.5) is 0 Å². The van der Waals surface area contributed by atoms with Crippen LogP contribution in [0.25, 0.3) is 17.5 Å². The fraction of sp³-hybridized carbons (Fsp3) is 0.167. The molecule has 2 aromatic rings. The molecule has 2 aromatic heterocycles. The lowest BCUT2D eigenvalue weighted by molar-refractivity contribution is -0.115. The minimum absolute atomic E-state index is 0.161. The van der Waals surface area contributed by atoms with Crippen LogP contribution >= 0.6 is 22.7 Å². The van der Waals surface area contributed by atoms with Gasteiger partial charge in [0.25, 0.3) is 5.91 Å². The topological polar surface area (TPSA) is 61.4 Å². The van der Waals surface area contributed by atoms with Gasteiger partial charge in [0.15, 0.2) is 6.23 Å². The predicted molar refractivity (Wildman–Crippen MR) is 99.2 cm³/mol. The van der Waals surface area contributed by atoms with Crippen LogP contribution < -0.4 is 10.6 Å². The largest absolute Gasteiger partial charge is 0.369 e. The van der Waals surface area contributed by atoms with Crippen molar-refractivity contribution >= 4 is 46.1 Å². The molecule has 0 bridgehead atoms. The molecule has 4 rings (SSSR count). The van der Waals surface area contributed by atoms with Crippen molar-refractivity contribution in [2.24, 2.45) is 0 Å². The lowest BCUT2D eigenvalue weighted by Gasteiger charge is -2.10. The summed E-state index contributed by atoms with van der Waals surface area (Å²) in [5, 5.41) is 16.5. The van der Waals surface area contributed by atoms with Gasteiger partial charge in [0.2, 0.25) is 0 Å². The second-order valence-corrected chi connectivity index (χ2v) is 8.06. The van der Waals surface area contributed by atoms with Crippen molar-refractivity contribution in [3.05, 3.63) is 61.0 Å². The van der Waals surface area contributed by atoms with Crippen LogP contribution in [0.3, 0.4) is 0 Å². The second-order valence-electron chi connectivity index (χ2n) is 5.65. The molecule has 2 aliphatic heterocycles. The Morgan fingerprint density at radius 2 is 1.88 bits per heavy atom. The molecule has 0 aromatic carbocycles. The van der Waals surface area contributed by atoms with Crippen LogP contribution in [-0.2, 0) is 4.79 Å². The van der Waals surface area contributed by atoms with Crippen molar-refractivity contribution < 1.29 is 9.90 Å². The van der Waals surface area contributed by atoms with E-state index in [4.69, 9.17) is 0 Å². The summed E-state index contributed by atoms with van der Waals surface area (Å²) in [6.07, 6.45) is 3.13. The molecule has 4 heterocycles. The number of carbonyl (C=O) groups is 1. The van der Waals surface area contributed by atoms with E-state index >= 15 is 0 Å². The molecule has 1 amide bonds.